The summed E-state index contributed by atoms with van der Waals surface area (Å²) in [5, 5.41) is 4.37. The van der Waals surface area contributed by atoms with Gasteiger partial charge < -0.3 is 10.2 Å². The molecule has 0 spiro atoms. The van der Waals surface area contributed by atoms with Gasteiger partial charge in [0.1, 0.15) is 9.84 Å². The number of carbonyl (C=O) groups excluding carboxylic acids is 1. The van der Waals surface area contributed by atoms with Crippen molar-refractivity contribution in [1.82, 2.24) is 15.3 Å². The highest BCUT2D eigenvalue weighted by molar-refractivity contribution is 7.90. The number of hydrogen-bond donors (Lipinski definition) is 1. The van der Waals surface area contributed by atoms with Gasteiger partial charge in [0.2, 0.25) is 5.95 Å². The minimum atomic E-state index is -3.13. The van der Waals surface area contributed by atoms with Crippen molar-refractivity contribution in [1.29, 1.82) is 0 Å². The van der Waals surface area contributed by atoms with Crippen LogP contribution in [0.5, 0.6) is 0 Å². The van der Waals surface area contributed by atoms with Crippen molar-refractivity contribution in [3.8, 4) is 11.1 Å². The number of benzene rings is 2. The van der Waals surface area contributed by atoms with Crippen molar-refractivity contribution in [2.75, 3.05) is 37.5 Å². The fourth-order valence-electron chi connectivity index (χ4n) is 2.90. The Morgan fingerprint density at radius 1 is 1.04 bits per heavy atom. The first-order valence-electron chi connectivity index (χ1n) is 8.73. The number of amides is 1. The lowest BCUT2D eigenvalue weighted by molar-refractivity contribution is 0.0958. The molecule has 0 saturated heterocycles. The molecule has 1 aromatic heterocycles. The normalized spacial score (nSPS) is 11.4. The fourth-order valence-corrected chi connectivity index (χ4v) is 3.37. The summed E-state index contributed by atoms with van der Waals surface area (Å²) >= 11 is 0. The molecule has 0 radical (unpaired) electrons. The van der Waals surface area contributed by atoms with Gasteiger partial charge in [-0.3, -0.25) is 4.79 Å². The van der Waals surface area contributed by atoms with E-state index in [0.717, 1.165) is 28.2 Å². The van der Waals surface area contributed by atoms with Crippen molar-refractivity contribution in [2.24, 2.45) is 0 Å². The van der Waals surface area contributed by atoms with E-state index in [1.807, 2.05) is 49.3 Å². The fraction of sp³-hybridized carbons (Fsp3) is 0.250. The van der Waals surface area contributed by atoms with E-state index in [-0.39, 0.29) is 18.2 Å². The van der Waals surface area contributed by atoms with Gasteiger partial charge in [-0.2, -0.15) is 0 Å². The Hall–Kier alpha value is -3.00. The van der Waals surface area contributed by atoms with Crippen LogP contribution in [-0.4, -0.2) is 56.9 Å². The molecule has 0 saturated carbocycles. The molecule has 146 valence electrons. The zero-order valence-corrected chi connectivity index (χ0v) is 16.8. The molecule has 1 amide bonds. The van der Waals surface area contributed by atoms with E-state index in [4.69, 9.17) is 0 Å². The van der Waals surface area contributed by atoms with Gasteiger partial charge in [-0.05, 0) is 22.4 Å². The first-order valence-corrected chi connectivity index (χ1v) is 10.8. The average Bonchev–Trinajstić information content (AvgIpc) is 2.66. The molecule has 0 fully saturated rings. The van der Waals surface area contributed by atoms with Gasteiger partial charge in [-0.15, -0.1) is 0 Å². The number of nitrogens with one attached hydrogen (secondary N) is 1. The average molecular weight is 398 g/mol. The molecular formula is C20H22N4O3S. The maximum absolute atomic E-state index is 12.6. The largest absolute Gasteiger partial charge is 0.351 e. The summed E-state index contributed by atoms with van der Waals surface area (Å²) in [7, 11) is 0.624. The maximum atomic E-state index is 12.6. The second kappa shape index (κ2) is 7.93. The molecule has 0 aliphatic rings. The predicted molar refractivity (Wildman–Crippen MR) is 111 cm³/mol. The van der Waals surface area contributed by atoms with E-state index in [1.54, 1.807) is 18.5 Å². The molecule has 0 bridgehead atoms. The molecule has 2 aromatic carbocycles. The number of fused-ring (bicyclic) bond motifs is 1. The Labute approximate surface area is 164 Å². The molecule has 0 unspecified atom stereocenters. The lowest BCUT2D eigenvalue weighted by Gasteiger charge is -2.12. The number of sulfone groups is 1. The van der Waals surface area contributed by atoms with Crippen LogP contribution >= 0.6 is 0 Å². The SMILES string of the molecule is CN(C)c1ncc(-c2cccc3c(C(=O)NCCS(C)(=O)=O)cccc23)cn1. The molecule has 7 nitrogen and oxygen atoms in total. The number of anilines is 1. The van der Waals surface area contributed by atoms with Crippen molar-refractivity contribution in [3.05, 3.63) is 54.4 Å². The summed E-state index contributed by atoms with van der Waals surface area (Å²) in [4.78, 5) is 23.1. The summed E-state index contributed by atoms with van der Waals surface area (Å²) in [6.07, 6.45) is 4.67. The third kappa shape index (κ3) is 4.45. The number of carbonyl (C=O) groups is 1. The lowest BCUT2D eigenvalue weighted by atomic mass is 9.97. The summed E-state index contributed by atoms with van der Waals surface area (Å²) in [5.41, 5.74) is 2.28. The van der Waals surface area contributed by atoms with Crippen molar-refractivity contribution in [2.45, 2.75) is 0 Å². The van der Waals surface area contributed by atoms with Crippen LogP contribution in [0, 0.1) is 0 Å². The standard InChI is InChI=1S/C20H22N4O3S/c1-24(2)20-22-12-14(13-23-20)15-6-4-8-17-16(15)7-5-9-18(17)19(25)21-10-11-28(3,26)27/h4-9,12-13H,10-11H2,1-3H3,(H,21,25). The van der Waals surface area contributed by atoms with Crippen LogP contribution in [0.4, 0.5) is 5.95 Å². The monoisotopic (exact) mass is 398 g/mol. The van der Waals surface area contributed by atoms with E-state index in [9.17, 15) is 13.2 Å². The predicted octanol–water partition coefficient (Wildman–Crippen LogP) is 2.14. The van der Waals surface area contributed by atoms with Crippen molar-refractivity contribution < 1.29 is 13.2 Å². The van der Waals surface area contributed by atoms with Crippen LogP contribution in [0.2, 0.25) is 0 Å². The summed E-state index contributed by atoms with van der Waals surface area (Å²) in [6, 6.07) is 11.2. The Morgan fingerprint density at radius 2 is 1.68 bits per heavy atom. The second-order valence-corrected chi connectivity index (χ2v) is 9.02. The van der Waals surface area contributed by atoms with Crippen LogP contribution in [-0.2, 0) is 9.84 Å². The molecule has 3 aromatic rings. The highest BCUT2D eigenvalue weighted by atomic mass is 32.2. The first-order chi connectivity index (χ1) is 13.3. The molecule has 8 heteroatoms. The van der Waals surface area contributed by atoms with E-state index in [1.165, 1.54) is 0 Å². The Morgan fingerprint density at radius 3 is 2.32 bits per heavy atom. The number of hydrogen-bond acceptors (Lipinski definition) is 6. The molecule has 0 aliphatic heterocycles. The maximum Gasteiger partial charge on any atom is 0.251 e. The number of rotatable bonds is 6. The third-order valence-corrected chi connectivity index (χ3v) is 5.22. The summed E-state index contributed by atoms with van der Waals surface area (Å²) < 4.78 is 22.5. The second-order valence-electron chi connectivity index (χ2n) is 6.76. The third-order valence-electron chi connectivity index (χ3n) is 4.27. The lowest BCUT2D eigenvalue weighted by Crippen LogP contribution is -2.28. The molecule has 1 heterocycles. The van der Waals surface area contributed by atoms with Crippen molar-refractivity contribution >= 4 is 32.5 Å². The minimum Gasteiger partial charge on any atom is -0.351 e. The zero-order chi connectivity index (χ0) is 20.3. The number of nitrogens with zero attached hydrogens (tertiary/aromatic N) is 3. The summed E-state index contributed by atoms with van der Waals surface area (Å²) in [6.45, 7) is 0.0770. The van der Waals surface area contributed by atoms with Crippen LogP contribution in [0.1, 0.15) is 10.4 Å². The molecule has 0 aliphatic carbocycles. The zero-order valence-electron chi connectivity index (χ0n) is 16.0. The molecule has 3 rings (SSSR count). The molecule has 1 N–H and O–H groups in total. The van der Waals surface area contributed by atoms with E-state index in [2.05, 4.69) is 15.3 Å². The van der Waals surface area contributed by atoms with E-state index >= 15 is 0 Å². The summed E-state index contributed by atoms with van der Waals surface area (Å²) in [5.74, 6) is 0.227. The number of aromatic nitrogens is 2. The topological polar surface area (TPSA) is 92.3 Å². The molecule has 0 atom stereocenters. The van der Waals surface area contributed by atoms with Crippen molar-refractivity contribution in [3.63, 3.8) is 0 Å². The Kier molecular flexibility index (Phi) is 5.60. The van der Waals surface area contributed by atoms with Gasteiger partial charge in [-0.1, -0.05) is 30.3 Å². The Balaban J connectivity index is 1.95. The van der Waals surface area contributed by atoms with E-state index < -0.39 is 9.84 Å². The van der Waals surface area contributed by atoms with Gasteiger partial charge >= 0.3 is 0 Å². The van der Waals surface area contributed by atoms with Gasteiger partial charge in [-0.25, -0.2) is 18.4 Å². The Bertz CT molecular complexity index is 1110. The molecule has 28 heavy (non-hydrogen) atoms. The van der Waals surface area contributed by atoms with Gasteiger partial charge in [0, 0.05) is 50.4 Å². The highest BCUT2D eigenvalue weighted by Crippen LogP contribution is 2.30. The highest BCUT2D eigenvalue weighted by Gasteiger charge is 2.13. The van der Waals surface area contributed by atoms with Crippen LogP contribution in [0.25, 0.3) is 21.9 Å². The van der Waals surface area contributed by atoms with Gasteiger partial charge in [0.05, 0.1) is 5.75 Å². The van der Waals surface area contributed by atoms with E-state index in [0.29, 0.717) is 11.5 Å². The quantitative estimate of drug-likeness (QED) is 0.684. The minimum absolute atomic E-state index is 0.0770. The van der Waals surface area contributed by atoms with Crippen LogP contribution in [0.3, 0.4) is 0 Å². The van der Waals surface area contributed by atoms with Gasteiger partial charge in [0.15, 0.2) is 0 Å². The van der Waals surface area contributed by atoms with Gasteiger partial charge in [0.25, 0.3) is 5.91 Å². The van der Waals surface area contributed by atoms with Crippen LogP contribution in [0.15, 0.2) is 48.8 Å². The molecular weight excluding hydrogens is 376 g/mol. The smallest absolute Gasteiger partial charge is 0.251 e. The van der Waals surface area contributed by atoms with Crippen LogP contribution < -0.4 is 10.2 Å². The first kappa shape index (κ1) is 19.8.